The molecule has 0 spiro atoms. The number of H-pyrrole nitrogens is 2. The number of rotatable bonds is 6. The van der Waals surface area contributed by atoms with Crippen LogP contribution < -0.4 is 9.47 Å². The lowest BCUT2D eigenvalue weighted by atomic mass is 10.1. The van der Waals surface area contributed by atoms with E-state index in [2.05, 4.69) is 46.4 Å². The Morgan fingerprint density at radius 3 is 1.46 bits per heavy atom. The zero-order valence-corrected chi connectivity index (χ0v) is 15.3. The number of fused-ring (bicyclic) bond motifs is 2. The first-order valence-corrected chi connectivity index (χ1v) is 9.31. The molecule has 0 saturated heterocycles. The lowest BCUT2D eigenvalue weighted by molar-refractivity contribution is 0.303. The van der Waals surface area contributed by atoms with Crippen molar-refractivity contribution in [1.29, 1.82) is 0 Å². The highest BCUT2D eigenvalue weighted by Gasteiger charge is 2.02. The maximum atomic E-state index is 5.92. The van der Waals surface area contributed by atoms with E-state index >= 15 is 0 Å². The average molecular weight is 368 g/mol. The van der Waals surface area contributed by atoms with E-state index in [1.165, 1.54) is 0 Å². The summed E-state index contributed by atoms with van der Waals surface area (Å²) in [6.45, 7) is 1.09. The molecule has 0 amide bonds. The van der Waals surface area contributed by atoms with Gasteiger partial charge in [0.2, 0.25) is 0 Å². The minimum Gasteiger partial charge on any atom is -0.489 e. The Hall–Kier alpha value is -3.66. The van der Waals surface area contributed by atoms with Crippen LogP contribution in [0.5, 0.6) is 11.5 Å². The molecule has 4 nitrogen and oxygen atoms in total. The van der Waals surface area contributed by atoms with Crippen molar-refractivity contribution in [2.75, 3.05) is 0 Å². The first-order valence-electron chi connectivity index (χ1n) is 9.31. The quantitative estimate of drug-likeness (QED) is 0.397. The molecule has 0 aliphatic rings. The summed E-state index contributed by atoms with van der Waals surface area (Å²) in [5.74, 6) is 1.75. The summed E-state index contributed by atoms with van der Waals surface area (Å²) in [6, 6.07) is 24.6. The summed E-state index contributed by atoms with van der Waals surface area (Å²) >= 11 is 0. The van der Waals surface area contributed by atoms with E-state index in [0.29, 0.717) is 13.2 Å². The van der Waals surface area contributed by atoms with E-state index in [4.69, 9.17) is 9.47 Å². The summed E-state index contributed by atoms with van der Waals surface area (Å²) < 4.78 is 11.8. The van der Waals surface area contributed by atoms with Crippen molar-refractivity contribution >= 4 is 21.8 Å². The van der Waals surface area contributed by atoms with Gasteiger partial charge in [0.15, 0.2) is 0 Å². The van der Waals surface area contributed by atoms with Gasteiger partial charge in [0.25, 0.3) is 0 Å². The van der Waals surface area contributed by atoms with Gasteiger partial charge in [-0.05, 0) is 59.7 Å². The van der Waals surface area contributed by atoms with E-state index in [1.807, 2.05) is 48.8 Å². The Bertz CT molecular complexity index is 1120. The molecule has 0 bridgehead atoms. The van der Waals surface area contributed by atoms with Gasteiger partial charge in [-0.15, -0.1) is 0 Å². The van der Waals surface area contributed by atoms with Crippen LogP contribution in [0.25, 0.3) is 21.8 Å². The van der Waals surface area contributed by atoms with Crippen LogP contribution in [0.3, 0.4) is 0 Å². The Balaban J connectivity index is 1.19. The second-order valence-corrected chi connectivity index (χ2v) is 6.85. The summed E-state index contributed by atoms with van der Waals surface area (Å²) in [5.41, 5.74) is 4.50. The minimum atomic E-state index is 0.543. The lowest BCUT2D eigenvalue weighted by Gasteiger charge is -2.09. The number of aromatic amines is 2. The third-order valence-corrected chi connectivity index (χ3v) is 4.88. The zero-order valence-electron chi connectivity index (χ0n) is 15.3. The molecule has 5 rings (SSSR count). The second-order valence-electron chi connectivity index (χ2n) is 6.85. The zero-order chi connectivity index (χ0) is 18.8. The molecule has 0 unspecified atom stereocenters. The number of hydrogen-bond donors (Lipinski definition) is 2. The fourth-order valence-corrected chi connectivity index (χ4v) is 3.31. The monoisotopic (exact) mass is 368 g/mol. The van der Waals surface area contributed by atoms with Crippen LogP contribution in [0, 0.1) is 0 Å². The highest BCUT2D eigenvalue weighted by atomic mass is 16.5. The summed E-state index contributed by atoms with van der Waals surface area (Å²) in [6.07, 6.45) is 3.87. The van der Waals surface area contributed by atoms with Crippen LogP contribution in [0.2, 0.25) is 0 Å². The predicted molar refractivity (Wildman–Crippen MR) is 112 cm³/mol. The molecular weight excluding hydrogens is 348 g/mol. The van der Waals surface area contributed by atoms with Crippen molar-refractivity contribution < 1.29 is 9.47 Å². The van der Waals surface area contributed by atoms with Crippen molar-refractivity contribution in [1.82, 2.24) is 9.97 Å². The molecule has 0 saturated carbocycles. The maximum Gasteiger partial charge on any atom is 0.120 e. The molecule has 5 aromatic rings. The largest absolute Gasteiger partial charge is 0.489 e. The van der Waals surface area contributed by atoms with Crippen molar-refractivity contribution in [3.8, 4) is 11.5 Å². The van der Waals surface area contributed by atoms with Crippen LogP contribution in [0.1, 0.15) is 11.1 Å². The molecular formula is C24H20N2O2. The van der Waals surface area contributed by atoms with Gasteiger partial charge in [-0.1, -0.05) is 24.3 Å². The molecule has 0 atom stereocenters. The van der Waals surface area contributed by atoms with E-state index < -0.39 is 0 Å². The SMILES string of the molecule is c1cc2cc(OCc3ccc(COc4ccc5[nH]ccc5c4)cc3)ccc2[nH]1. The fourth-order valence-electron chi connectivity index (χ4n) is 3.31. The Morgan fingerprint density at radius 2 is 1.00 bits per heavy atom. The summed E-state index contributed by atoms with van der Waals surface area (Å²) in [7, 11) is 0. The van der Waals surface area contributed by atoms with Crippen molar-refractivity contribution in [2.24, 2.45) is 0 Å². The second kappa shape index (κ2) is 7.16. The van der Waals surface area contributed by atoms with Crippen LogP contribution in [-0.4, -0.2) is 9.97 Å². The van der Waals surface area contributed by atoms with Gasteiger partial charge in [-0.25, -0.2) is 0 Å². The fraction of sp³-hybridized carbons (Fsp3) is 0.0833. The molecule has 0 fully saturated rings. The molecule has 4 heteroatoms. The van der Waals surface area contributed by atoms with Gasteiger partial charge in [0.1, 0.15) is 24.7 Å². The first kappa shape index (κ1) is 16.5. The maximum absolute atomic E-state index is 5.92. The highest BCUT2D eigenvalue weighted by Crippen LogP contribution is 2.22. The number of nitrogens with one attached hydrogen (secondary N) is 2. The normalized spacial score (nSPS) is 11.1. The van der Waals surface area contributed by atoms with E-state index in [-0.39, 0.29) is 0 Å². The molecule has 2 heterocycles. The van der Waals surface area contributed by atoms with Gasteiger partial charge in [0, 0.05) is 34.2 Å². The minimum absolute atomic E-state index is 0.543. The van der Waals surface area contributed by atoms with Crippen molar-refractivity contribution in [3.05, 3.63) is 96.3 Å². The molecule has 2 N–H and O–H groups in total. The molecule has 0 aliphatic carbocycles. The first-order chi connectivity index (χ1) is 13.8. The van der Waals surface area contributed by atoms with E-state index in [9.17, 15) is 0 Å². The Kier molecular flexibility index (Phi) is 4.22. The molecule has 28 heavy (non-hydrogen) atoms. The molecule has 138 valence electrons. The standard InChI is InChI=1S/C24H20N2O2/c1-2-18(16-28-22-6-8-24-20(14-22)10-12-26-24)4-3-17(1)15-27-21-5-7-23-19(13-21)9-11-25-23/h1-14,25-26H,15-16H2. The van der Waals surface area contributed by atoms with E-state index in [0.717, 1.165) is 44.4 Å². The topological polar surface area (TPSA) is 50.0 Å². The predicted octanol–water partition coefficient (Wildman–Crippen LogP) is 5.81. The molecule has 2 aromatic heterocycles. The van der Waals surface area contributed by atoms with E-state index in [1.54, 1.807) is 0 Å². The van der Waals surface area contributed by atoms with Gasteiger partial charge in [-0.3, -0.25) is 0 Å². The third kappa shape index (κ3) is 3.45. The van der Waals surface area contributed by atoms with Gasteiger partial charge < -0.3 is 19.4 Å². The molecule has 3 aromatic carbocycles. The smallest absolute Gasteiger partial charge is 0.120 e. The van der Waals surface area contributed by atoms with Gasteiger partial charge >= 0.3 is 0 Å². The lowest BCUT2D eigenvalue weighted by Crippen LogP contribution is -1.98. The van der Waals surface area contributed by atoms with Gasteiger partial charge in [-0.2, -0.15) is 0 Å². The molecule has 0 aliphatic heterocycles. The van der Waals surface area contributed by atoms with Crippen LogP contribution in [0.15, 0.2) is 85.2 Å². The summed E-state index contributed by atoms with van der Waals surface area (Å²) in [4.78, 5) is 6.38. The average Bonchev–Trinajstić information content (AvgIpc) is 3.39. The number of hydrogen-bond acceptors (Lipinski definition) is 2. The Labute approximate surface area is 162 Å². The Morgan fingerprint density at radius 1 is 0.536 bits per heavy atom. The number of benzene rings is 3. The highest BCUT2D eigenvalue weighted by molar-refractivity contribution is 5.81. The van der Waals surface area contributed by atoms with Crippen LogP contribution >= 0.6 is 0 Å². The number of ether oxygens (including phenoxy) is 2. The third-order valence-electron chi connectivity index (χ3n) is 4.88. The van der Waals surface area contributed by atoms with Crippen molar-refractivity contribution in [3.63, 3.8) is 0 Å². The van der Waals surface area contributed by atoms with Crippen LogP contribution in [-0.2, 0) is 13.2 Å². The summed E-state index contributed by atoms with van der Waals surface area (Å²) in [5, 5.41) is 2.31. The van der Waals surface area contributed by atoms with Gasteiger partial charge in [0.05, 0.1) is 0 Å². The van der Waals surface area contributed by atoms with Crippen molar-refractivity contribution in [2.45, 2.75) is 13.2 Å². The van der Waals surface area contributed by atoms with Crippen LogP contribution in [0.4, 0.5) is 0 Å². The number of aromatic nitrogens is 2. The molecule has 0 radical (unpaired) electrons.